The van der Waals surface area contributed by atoms with Gasteiger partial charge in [-0.2, -0.15) is 0 Å². The SMILES string of the molecule is CC(C)(C)c1ccc(OCc2ccc(C(=O)N3CCc4cnc(-c5cnc6ccccc6c5)nc4C3)cn2)cc1. The van der Waals surface area contributed by atoms with E-state index in [1.54, 1.807) is 12.4 Å². The molecule has 0 radical (unpaired) electrons. The second-order valence-corrected chi connectivity index (χ2v) is 11.2. The van der Waals surface area contributed by atoms with Crippen LogP contribution in [0.15, 0.2) is 85.3 Å². The molecule has 0 saturated heterocycles. The van der Waals surface area contributed by atoms with E-state index < -0.39 is 0 Å². The molecule has 7 heteroatoms. The number of hydrogen-bond acceptors (Lipinski definition) is 6. The summed E-state index contributed by atoms with van der Waals surface area (Å²) in [6, 6.07) is 21.8. The van der Waals surface area contributed by atoms with Gasteiger partial charge in [0.1, 0.15) is 12.4 Å². The Bertz CT molecular complexity index is 1670. The van der Waals surface area contributed by atoms with Gasteiger partial charge in [0.15, 0.2) is 5.82 Å². The van der Waals surface area contributed by atoms with Gasteiger partial charge in [0.25, 0.3) is 5.91 Å². The maximum Gasteiger partial charge on any atom is 0.255 e. The Balaban J connectivity index is 1.11. The third-order valence-electron chi connectivity index (χ3n) is 7.26. The Morgan fingerprint density at radius 3 is 2.52 bits per heavy atom. The van der Waals surface area contributed by atoms with E-state index in [-0.39, 0.29) is 11.3 Å². The highest BCUT2D eigenvalue weighted by atomic mass is 16.5. The van der Waals surface area contributed by atoms with Crippen LogP contribution in [-0.4, -0.2) is 37.3 Å². The van der Waals surface area contributed by atoms with Crippen molar-refractivity contribution in [1.29, 1.82) is 0 Å². The first kappa shape index (κ1) is 25.6. The van der Waals surface area contributed by atoms with E-state index in [2.05, 4.69) is 47.9 Å². The smallest absolute Gasteiger partial charge is 0.255 e. The van der Waals surface area contributed by atoms with Crippen LogP contribution in [0.25, 0.3) is 22.3 Å². The van der Waals surface area contributed by atoms with Gasteiger partial charge in [0.05, 0.1) is 29.0 Å². The van der Waals surface area contributed by atoms with Crippen molar-refractivity contribution in [3.8, 4) is 17.1 Å². The molecule has 0 unspecified atom stereocenters. The Morgan fingerprint density at radius 2 is 1.75 bits per heavy atom. The Hall–Kier alpha value is -4.65. The molecule has 2 aromatic carbocycles. The number of aromatic nitrogens is 4. The summed E-state index contributed by atoms with van der Waals surface area (Å²) >= 11 is 0. The zero-order valence-electron chi connectivity index (χ0n) is 23.0. The second kappa shape index (κ2) is 10.5. The molecule has 4 heterocycles. The molecule has 5 aromatic rings. The number of hydrogen-bond donors (Lipinski definition) is 0. The molecule has 0 saturated carbocycles. The summed E-state index contributed by atoms with van der Waals surface area (Å²) < 4.78 is 5.91. The van der Waals surface area contributed by atoms with E-state index in [4.69, 9.17) is 9.72 Å². The highest BCUT2D eigenvalue weighted by Crippen LogP contribution is 2.26. The normalized spacial score (nSPS) is 13.2. The van der Waals surface area contributed by atoms with Crippen LogP contribution in [0.2, 0.25) is 0 Å². The minimum Gasteiger partial charge on any atom is -0.487 e. The monoisotopic (exact) mass is 529 g/mol. The van der Waals surface area contributed by atoms with Crippen molar-refractivity contribution in [1.82, 2.24) is 24.8 Å². The van der Waals surface area contributed by atoms with Gasteiger partial charge >= 0.3 is 0 Å². The third-order valence-corrected chi connectivity index (χ3v) is 7.26. The molecule has 40 heavy (non-hydrogen) atoms. The molecule has 1 aliphatic rings. The first-order valence-electron chi connectivity index (χ1n) is 13.5. The lowest BCUT2D eigenvalue weighted by molar-refractivity contribution is 0.0731. The third kappa shape index (κ3) is 5.41. The second-order valence-electron chi connectivity index (χ2n) is 11.2. The van der Waals surface area contributed by atoms with E-state index in [1.165, 1.54) is 5.56 Å². The average Bonchev–Trinajstić information content (AvgIpc) is 2.99. The van der Waals surface area contributed by atoms with Crippen LogP contribution in [0.1, 0.15) is 53.6 Å². The van der Waals surface area contributed by atoms with Crippen LogP contribution < -0.4 is 4.74 Å². The van der Waals surface area contributed by atoms with Crippen LogP contribution in [0.5, 0.6) is 5.75 Å². The van der Waals surface area contributed by atoms with Gasteiger partial charge in [0, 0.05) is 36.1 Å². The quantitative estimate of drug-likeness (QED) is 0.271. The topological polar surface area (TPSA) is 81.1 Å². The molecule has 0 aliphatic carbocycles. The molecule has 0 spiro atoms. The van der Waals surface area contributed by atoms with Crippen molar-refractivity contribution in [3.05, 3.63) is 113 Å². The van der Waals surface area contributed by atoms with Crippen molar-refractivity contribution >= 4 is 16.8 Å². The molecule has 7 nitrogen and oxygen atoms in total. The van der Waals surface area contributed by atoms with E-state index in [0.29, 0.717) is 37.5 Å². The van der Waals surface area contributed by atoms with Crippen molar-refractivity contribution in [2.45, 2.75) is 45.8 Å². The predicted octanol–water partition coefficient (Wildman–Crippen LogP) is 6.16. The van der Waals surface area contributed by atoms with Gasteiger partial charge in [-0.05, 0) is 59.4 Å². The molecular formula is C33H31N5O2. The van der Waals surface area contributed by atoms with E-state index in [1.807, 2.05) is 65.7 Å². The lowest BCUT2D eigenvalue weighted by atomic mass is 9.87. The number of nitrogens with zero attached hydrogens (tertiary/aromatic N) is 5. The maximum atomic E-state index is 13.3. The number of carbonyl (C=O) groups excluding carboxylic acids is 1. The van der Waals surface area contributed by atoms with E-state index in [0.717, 1.165) is 39.2 Å². The minimum atomic E-state index is -0.0593. The number of pyridine rings is 2. The fraction of sp³-hybridized carbons (Fsp3) is 0.242. The van der Waals surface area contributed by atoms with Gasteiger partial charge in [-0.3, -0.25) is 14.8 Å². The molecule has 0 atom stereocenters. The predicted molar refractivity (Wildman–Crippen MR) is 155 cm³/mol. The molecule has 0 bridgehead atoms. The van der Waals surface area contributed by atoms with Crippen LogP contribution in [0.3, 0.4) is 0 Å². The minimum absolute atomic E-state index is 0.0593. The molecule has 1 aliphatic heterocycles. The van der Waals surface area contributed by atoms with Gasteiger partial charge in [-0.25, -0.2) is 9.97 Å². The standard InChI is InChI=1S/C33H31N5O2/c1-33(2,3)26-9-12-28(13-10-26)40-21-27-11-8-24(18-34-27)32(39)38-15-14-23-17-36-31(37-30(23)20-38)25-16-22-6-4-5-7-29(22)35-19-25/h4-13,16-19H,14-15,20-21H2,1-3H3. The molecule has 6 rings (SSSR count). The summed E-state index contributed by atoms with van der Waals surface area (Å²) in [5.74, 6) is 1.35. The summed E-state index contributed by atoms with van der Waals surface area (Å²) in [5, 5.41) is 1.04. The molecule has 0 fully saturated rings. The van der Waals surface area contributed by atoms with E-state index >= 15 is 0 Å². The maximum absolute atomic E-state index is 13.3. The summed E-state index contributed by atoms with van der Waals surface area (Å²) in [5.41, 5.74) is 6.41. The number of fused-ring (bicyclic) bond motifs is 2. The lowest BCUT2D eigenvalue weighted by Gasteiger charge is -2.28. The van der Waals surface area contributed by atoms with Crippen molar-refractivity contribution in [2.75, 3.05) is 6.54 Å². The van der Waals surface area contributed by atoms with Gasteiger partial charge in [-0.15, -0.1) is 0 Å². The Labute approximate surface area is 233 Å². The highest BCUT2D eigenvalue weighted by molar-refractivity contribution is 5.94. The number of benzene rings is 2. The number of carbonyl (C=O) groups is 1. The van der Waals surface area contributed by atoms with Crippen molar-refractivity contribution in [2.24, 2.45) is 0 Å². The molecule has 3 aromatic heterocycles. The van der Waals surface area contributed by atoms with Crippen LogP contribution in [0.4, 0.5) is 0 Å². The largest absolute Gasteiger partial charge is 0.487 e. The van der Waals surface area contributed by atoms with Crippen molar-refractivity contribution < 1.29 is 9.53 Å². The number of rotatable bonds is 5. The molecule has 0 N–H and O–H groups in total. The fourth-order valence-corrected chi connectivity index (χ4v) is 4.84. The highest BCUT2D eigenvalue weighted by Gasteiger charge is 2.24. The Kier molecular flexibility index (Phi) is 6.72. The van der Waals surface area contributed by atoms with Crippen LogP contribution in [-0.2, 0) is 25.0 Å². The summed E-state index contributed by atoms with van der Waals surface area (Å²) in [4.78, 5) is 33.6. The first-order valence-corrected chi connectivity index (χ1v) is 13.5. The zero-order chi connectivity index (χ0) is 27.7. The fourth-order valence-electron chi connectivity index (χ4n) is 4.84. The number of amides is 1. The number of para-hydroxylation sites is 1. The lowest BCUT2D eigenvalue weighted by Crippen LogP contribution is -2.36. The molecular weight excluding hydrogens is 498 g/mol. The first-order chi connectivity index (χ1) is 19.3. The van der Waals surface area contributed by atoms with Gasteiger partial charge < -0.3 is 9.64 Å². The zero-order valence-corrected chi connectivity index (χ0v) is 23.0. The average molecular weight is 530 g/mol. The van der Waals surface area contributed by atoms with Crippen LogP contribution >= 0.6 is 0 Å². The molecule has 200 valence electrons. The summed E-state index contributed by atoms with van der Waals surface area (Å²) in [6.07, 6.45) is 6.02. The molecule has 1 amide bonds. The number of ether oxygens (including phenoxy) is 1. The Morgan fingerprint density at radius 1 is 0.925 bits per heavy atom. The van der Waals surface area contributed by atoms with Gasteiger partial charge in [-0.1, -0.05) is 51.1 Å². The van der Waals surface area contributed by atoms with E-state index in [9.17, 15) is 4.79 Å². The van der Waals surface area contributed by atoms with Crippen molar-refractivity contribution in [3.63, 3.8) is 0 Å². The summed E-state index contributed by atoms with van der Waals surface area (Å²) in [6.45, 7) is 7.94. The van der Waals surface area contributed by atoms with Gasteiger partial charge in [0.2, 0.25) is 0 Å². The summed E-state index contributed by atoms with van der Waals surface area (Å²) in [7, 11) is 0. The van der Waals surface area contributed by atoms with Crippen LogP contribution in [0, 0.1) is 0 Å².